The van der Waals surface area contributed by atoms with Crippen LogP contribution in [0.15, 0.2) is 53.4 Å². The Balaban J connectivity index is 2.04. The van der Waals surface area contributed by atoms with Crippen LogP contribution in [0.5, 0.6) is 5.75 Å². The molecular weight excluding hydrogens is 344 g/mol. The van der Waals surface area contributed by atoms with Crippen molar-refractivity contribution < 1.29 is 22.7 Å². The molecule has 0 aromatic heterocycles. The minimum Gasteiger partial charge on any atom is -0.491 e. The van der Waals surface area contributed by atoms with Crippen LogP contribution >= 0.6 is 0 Å². The molecular formula is C17H20N2O5S. The molecule has 2 rings (SSSR count). The van der Waals surface area contributed by atoms with E-state index in [1.165, 1.54) is 12.1 Å². The molecule has 0 saturated heterocycles. The SMILES string of the molecule is COCCOc1ccc(S(=O)(=O)Nc2ccc(CC(N)=O)cc2)cc1. The van der Waals surface area contributed by atoms with Crippen LogP contribution in [0.2, 0.25) is 0 Å². The Morgan fingerprint density at radius 2 is 1.68 bits per heavy atom. The van der Waals surface area contributed by atoms with E-state index in [1.54, 1.807) is 43.5 Å². The van der Waals surface area contributed by atoms with E-state index < -0.39 is 15.9 Å². The minimum atomic E-state index is -3.71. The van der Waals surface area contributed by atoms with Gasteiger partial charge in [0.25, 0.3) is 10.0 Å². The number of rotatable bonds is 9. The lowest BCUT2D eigenvalue weighted by Crippen LogP contribution is -2.14. The molecule has 0 spiro atoms. The number of primary amides is 1. The molecule has 2 aromatic carbocycles. The highest BCUT2D eigenvalue weighted by molar-refractivity contribution is 7.92. The van der Waals surface area contributed by atoms with Gasteiger partial charge in [-0.05, 0) is 42.0 Å². The molecule has 8 heteroatoms. The van der Waals surface area contributed by atoms with Gasteiger partial charge in [0.1, 0.15) is 12.4 Å². The zero-order chi connectivity index (χ0) is 18.3. The average molecular weight is 364 g/mol. The second kappa shape index (κ2) is 8.50. The molecule has 25 heavy (non-hydrogen) atoms. The predicted octanol–water partition coefficient (Wildman–Crippen LogP) is 1.54. The van der Waals surface area contributed by atoms with Crippen LogP contribution in [0.25, 0.3) is 0 Å². The van der Waals surface area contributed by atoms with Gasteiger partial charge in [-0.3, -0.25) is 9.52 Å². The van der Waals surface area contributed by atoms with E-state index in [2.05, 4.69) is 4.72 Å². The second-order valence-electron chi connectivity index (χ2n) is 5.26. The molecule has 0 aliphatic rings. The molecule has 1 amide bonds. The quantitative estimate of drug-likeness (QED) is 0.656. The number of amides is 1. The van der Waals surface area contributed by atoms with E-state index in [-0.39, 0.29) is 11.3 Å². The molecule has 3 N–H and O–H groups in total. The van der Waals surface area contributed by atoms with Gasteiger partial charge in [0, 0.05) is 12.8 Å². The van der Waals surface area contributed by atoms with Gasteiger partial charge < -0.3 is 15.2 Å². The Morgan fingerprint density at radius 3 is 2.24 bits per heavy atom. The number of methoxy groups -OCH3 is 1. The van der Waals surface area contributed by atoms with Gasteiger partial charge >= 0.3 is 0 Å². The third-order valence-electron chi connectivity index (χ3n) is 3.27. The van der Waals surface area contributed by atoms with Crippen molar-refractivity contribution in [1.82, 2.24) is 0 Å². The number of nitrogens with one attached hydrogen (secondary N) is 1. The van der Waals surface area contributed by atoms with Crippen LogP contribution in [-0.4, -0.2) is 34.6 Å². The standard InChI is InChI=1S/C17H20N2O5S/c1-23-10-11-24-15-6-8-16(9-7-15)25(21,22)19-14-4-2-13(3-5-14)12-17(18)20/h2-9,19H,10-12H2,1H3,(H2,18,20). The number of ether oxygens (including phenoxy) is 2. The second-order valence-corrected chi connectivity index (χ2v) is 6.94. The Morgan fingerprint density at radius 1 is 1.04 bits per heavy atom. The first-order valence-corrected chi connectivity index (χ1v) is 9.01. The summed E-state index contributed by atoms with van der Waals surface area (Å²) in [5.74, 6) is 0.118. The number of nitrogens with two attached hydrogens (primary N) is 1. The number of sulfonamides is 1. The Labute approximate surface area is 146 Å². The molecule has 0 atom stereocenters. The monoisotopic (exact) mass is 364 g/mol. The summed E-state index contributed by atoms with van der Waals surface area (Å²) in [4.78, 5) is 11.0. The molecule has 7 nitrogen and oxygen atoms in total. The Kier molecular flexibility index (Phi) is 6.37. The summed E-state index contributed by atoms with van der Waals surface area (Å²) < 4.78 is 37.5. The Bertz CT molecular complexity index is 802. The largest absolute Gasteiger partial charge is 0.491 e. The maximum atomic E-state index is 12.4. The van der Waals surface area contributed by atoms with Crippen molar-refractivity contribution in [3.63, 3.8) is 0 Å². The van der Waals surface area contributed by atoms with Crippen LogP contribution in [-0.2, 0) is 26.0 Å². The lowest BCUT2D eigenvalue weighted by atomic mass is 10.1. The summed E-state index contributed by atoms with van der Waals surface area (Å²) in [5.41, 5.74) is 6.24. The average Bonchev–Trinajstić information content (AvgIpc) is 2.57. The summed E-state index contributed by atoms with van der Waals surface area (Å²) in [6, 6.07) is 12.6. The van der Waals surface area contributed by atoms with Crippen LogP contribution in [0.3, 0.4) is 0 Å². The number of benzene rings is 2. The number of hydrogen-bond donors (Lipinski definition) is 2. The summed E-state index contributed by atoms with van der Waals surface area (Å²) >= 11 is 0. The molecule has 0 bridgehead atoms. The highest BCUT2D eigenvalue weighted by Crippen LogP contribution is 2.19. The van der Waals surface area contributed by atoms with Crippen LogP contribution in [0.4, 0.5) is 5.69 Å². The predicted molar refractivity (Wildman–Crippen MR) is 94.0 cm³/mol. The first-order chi connectivity index (χ1) is 11.9. The van der Waals surface area contributed by atoms with Crippen molar-refractivity contribution in [3.05, 3.63) is 54.1 Å². The molecule has 0 heterocycles. The molecule has 134 valence electrons. The highest BCUT2D eigenvalue weighted by atomic mass is 32.2. The van der Waals surface area contributed by atoms with E-state index in [0.717, 1.165) is 0 Å². The molecule has 0 radical (unpaired) electrons. The Hall–Kier alpha value is -2.58. The summed E-state index contributed by atoms with van der Waals surface area (Å²) in [7, 11) is -2.14. The molecule has 0 unspecified atom stereocenters. The molecule has 2 aromatic rings. The maximum absolute atomic E-state index is 12.4. The topological polar surface area (TPSA) is 108 Å². The third-order valence-corrected chi connectivity index (χ3v) is 4.67. The molecule has 0 saturated carbocycles. The smallest absolute Gasteiger partial charge is 0.261 e. The van der Waals surface area contributed by atoms with E-state index in [4.69, 9.17) is 15.2 Å². The highest BCUT2D eigenvalue weighted by Gasteiger charge is 2.14. The first kappa shape index (κ1) is 18.8. The fraction of sp³-hybridized carbons (Fsp3) is 0.235. The summed E-state index contributed by atoms with van der Waals surface area (Å²) in [6.45, 7) is 0.839. The summed E-state index contributed by atoms with van der Waals surface area (Å²) in [5, 5.41) is 0. The van der Waals surface area contributed by atoms with Crippen molar-refractivity contribution in [3.8, 4) is 5.75 Å². The van der Waals surface area contributed by atoms with Gasteiger partial charge in [-0.25, -0.2) is 8.42 Å². The van der Waals surface area contributed by atoms with Crippen molar-refractivity contribution >= 4 is 21.6 Å². The number of carbonyl (C=O) groups excluding carboxylic acids is 1. The van der Waals surface area contributed by atoms with E-state index >= 15 is 0 Å². The van der Waals surface area contributed by atoms with Crippen molar-refractivity contribution in [2.24, 2.45) is 5.73 Å². The van der Waals surface area contributed by atoms with Crippen molar-refractivity contribution in [2.45, 2.75) is 11.3 Å². The van der Waals surface area contributed by atoms with E-state index in [0.29, 0.717) is 30.2 Å². The van der Waals surface area contributed by atoms with Gasteiger partial charge in [0.05, 0.1) is 17.9 Å². The molecule has 0 aliphatic heterocycles. The minimum absolute atomic E-state index is 0.109. The molecule has 0 aliphatic carbocycles. The zero-order valence-corrected chi connectivity index (χ0v) is 14.6. The van der Waals surface area contributed by atoms with E-state index in [1.807, 2.05) is 0 Å². The lowest BCUT2D eigenvalue weighted by Gasteiger charge is -2.10. The number of carbonyl (C=O) groups is 1. The number of hydrogen-bond acceptors (Lipinski definition) is 5. The maximum Gasteiger partial charge on any atom is 0.261 e. The van der Waals surface area contributed by atoms with E-state index in [9.17, 15) is 13.2 Å². The zero-order valence-electron chi connectivity index (χ0n) is 13.8. The normalized spacial score (nSPS) is 11.1. The van der Waals surface area contributed by atoms with Crippen molar-refractivity contribution in [2.75, 3.05) is 25.0 Å². The summed E-state index contributed by atoms with van der Waals surface area (Å²) in [6.07, 6.45) is 0.109. The van der Waals surface area contributed by atoms with Crippen LogP contribution < -0.4 is 15.2 Å². The third kappa shape index (κ3) is 5.77. The van der Waals surface area contributed by atoms with Gasteiger partial charge in [0.15, 0.2) is 0 Å². The van der Waals surface area contributed by atoms with Gasteiger partial charge in [-0.1, -0.05) is 12.1 Å². The van der Waals surface area contributed by atoms with Crippen LogP contribution in [0.1, 0.15) is 5.56 Å². The fourth-order valence-corrected chi connectivity index (χ4v) is 3.12. The number of anilines is 1. The van der Waals surface area contributed by atoms with Gasteiger partial charge in [-0.15, -0.1) is 0 Å². The van der Waals surface area contributed by atoms with Gasteiger partial charge in [0.2, 0.25) is 5.91 Å². The molecule has 0 fully saturated rings. The van der Waals surface area contributed by atoms with Crippen LogP contribution in [0, 0.1) is 0 Å². The van der Waals surface area contributed by atoms with Crippen molar-refractivity contribution in [1.29, 1.82) is 0 Å². The van der Waals surface area contributed by atoms with Gasteiger partial charge in [-0.2, -0.15) is 0 Å². The first-order valence-electron chi connectivity index (χ1n) is 7.52. The lowest BCUT2D eigenvalue weighted by molar-refractivity contribution is -0.117. The fourth-order valence-electron chi connectivity index (χ4n) is 2.06.